The van der Waals surface area contributed by atoms with Crippen molar-refractivity contribution in [1.82, 2.24) is 0 Å². The van der Waals surface area contributed by atoms with Crippen LogP contribution in [0, 0.1) is 0 Å². The van der Waals surface area contributed by atoms with E-state index in [4.69, 9.17) is 18.9 Å². The van der Waals surface area contributed by atoms with Crippen LogP contribution >= 0.6 is 0 Å². The maximum absolute atomic E-state index is 9.78. The second-order valence-electron chi connectivity index (χ2n) is 7.84. The lowest BCUT2D eigenvalue weighted by atomic mass is 9.94. The van der Waals surface area contributed by atoms with Crippen molar-refractivity contribution < 1.29 is 29.2 Å². The summed E-state index contributed by atoms with van der Waals surface area (Å²) >= 11 is 0. The van der Waals surface area contributed by atoms with Crippen LogP contribution in [0.5, 0.6) is 0 Å². The van der Waals surface area contributed by atoms with Crippen molar-refractivity contribution in [3.05, 3.63) is 0 Å². The molecule has 25 heavy (non-hydrogen) atoms. The first-order chi connectivity index (χ1) is 12.1. The Balaban J connectivity index is 0.000000173. The molecule has 0 amide bonds. The molecule has 2 aliphatic carbocycles. The topological polar surface area (TPSA) is 77.4 Å². The van der Waals surface area contributed by atoms with Crippen molar-refractivity contribution in [2.24, 2.45) is 0 Å². The molecule has 2 unspecified atom stereocenters. The van der Waals surface area contributed by atoms with Crippen LogP contribution in [0.4, 0.5) is 0 Å². The Morgan fingerprint density at radius 1 is 0.960 bits per heavy atom. The number of ether oxygens (including phenoxy) is 4. The minimum absolute atomic E-state index is 0.0735. The molecule has 6 heteroatoms. The van der Waals surface area contributed by atoms with Crippen LogP contribution < -0.4 is 0 Å². The zero-order valence-electron chi connectivity index (χ0n) is 15.5. The standard InChI is InChI=1S/C12H20O4.C7H14O2/c13-9-4-7-14-11(9)10-8-15-12(16-10)5-2-1-3-6-12;1-9-7(8)5-3-2-4-6-7/h9-11,13H,1-8H2;8H,2-6H2,1H3/t9-,10?,11?;/m1./s1. The Hall–Kier alpha value is -0.240. The van der Waals surface area contributed by atoms with Crippen molar-refractivity contribution in [2.45, 2.75) is 101 Å². The monoisotopic (exact) mass is 358 g/mol. The summed E-state index contributed by atoms with van der Waals surface area (Å²) < 4.78 is 22.3. The van der Waals surface area contributed by atoms with E-state index in [2.05, 4.69) is 0 Å². The van der Waals surface area contributed by atoms with Gasteiger partial charge in [-0.05, 0) is 32.1 Å². The summed E-state index contributed by atoms with van der Waals surface area (Å²) in [6.45, 7) is 1.21. The number of hydrogen-bond acceptors (Lipinski definition) is 6. The van der Waals surface area contributed by atoms with Crippen molar-refractivity contribution in [2.75, 3.05) is 20.3 Å². The van der Waals surface area contributed by atoms with Crippen molar-refractivity contribution in [3.63, 3.8) is 0 Å². The van der Waals surface area contributed by atoms with Gasteiger partial charge in [0.1, 0.15) is 12.2 Å². The van der Waals surface area contributed by atoms with Gasteiger partial charge in [0, 0.05) is 39.4 Å². The number of methoxy groups -OCH3 is 1. The summed E-state index contributed by atoms with van der Waals surface area (Å²) in [5.74, 6) is -1.13. The third-order valence-electron chi connectivity index (χ3n) is 5.98. The number of aliphatic hydroxyl groups excluding tert-OH is 1. The molecule has 0 aromatic carbocycles. The molecule has 4 fully saturated rings. The lowest BCUT2D eigenvalue weighted by molar-refractivity contribution is -0.202. The van der Waals surface area contributed by atoms with E-state index >= 15 is 0 Å². The molecule has 2 heterocycles. The van der Waals surface area contributed by atoms with Crippen LogP contribution in [0.15, 0.2) is 0 Å². The summed E-state index contributed by atoms with van der Waals surface area (Å²) in [6.07, 6.45) is 10.8. The largest absolute Gasteiger partial charge is 0.390 e. The van der Waals surface area contributed by atoms with Gasteiger partial charge >= 0.3 is 0 Å². The van der Waals surface area contributed by atoms with Crippen LogP contribution in [-0.2, 0) is 18.9 Å². The van der Waals surface area contributed by atoms with Gasteiger partial charge < -0.3 is 29.2 Å². The lowest BCUT2D eigenvalue weighted by Crippen LogP contribution is -2.39. The number of aliphatic hydroxyl groups is 2. The fourth-order valence-electron chi connectivity index (χ4n) is 4.36. The SMILES string of the molecule is COC1(O)CCCCC1.O[C@@H]1CCOC1C1COC2(CCCCC2)O1. The average molecular weight is 358 g/mol. The van der Waals surface area contributed by atoms with Crippen LogP contribution in [0.1, 0.15) is 70.6 Å². The highest BCUT2D eigenvalue weighted by Gasteiger charge is 2.47. The molecule has 2 saturated heterocycles. The van der Waals surface area contributed by atoms with Gasteiger partial charge in [0.2, 0.25) is 0 Å². The predicted octanol–water partition coefficient (Wildman–Crippen LogP) is 2.50. The summed E-state index contributed by atoms with van der Waals surface area (Å²) in [4.78, 5) is 0. The van der Waals surface area contributed by atoms with Gasteiger partial charge in [-0.1, -0.05) is 12.8 Å². The molecule has 0 bridgehead atoms. The molecular weight excluding hydrogens is 324 g/mol. The molecule has 2 N–H and O–H groups in total. The lowest BCUT2D eigenvalue weighted by Gasteiger charge is -2.32. The minimum atomic E-state index is -0.780. The van der Waals surface area contributed by atoms with Gasteiger partial charge in [0.05, 0.1) is 12.7 Å². The molecule has 0 aromatic heterocycles. The van der Waals surface area contributed by atoms with E-state index in [1.165, 1.54) is 25.7 Å². The summed E-state index contributed by atoms with van der Waals surface area (Å²) in [5, 5.41) is 19.2. The Morgan fingerprint density at radius 3 is 2.12 bits per heavy atom. The molecule has 1 spiro atoms. The quantitative estimate of drug-likeness (QED) is 0.739. The fourth-order valence-corrected chi connectivity index (χ4v) is 4.36. The molecule has 6 nitrogen and oxygen atoms in total. The molecule has 4 rings (SSSR count). The summed E-state index contributed by atoms with van der Waals surface area (Å²) in [6, 6.07) is 0. The van der Waals surface area contributed by atoms with Crippen LogP contribution in [-0.4, -0.2) is 60.4 Å². The summed E-state index contributed by atoms with van der Waals surface area (Å²) in [5.41, 5.74) is 0. The highest BCUT2D eigenvalue weighted by molar-refractivity contribution is 4.90. The predicted molar refractivity (Wildman–Crippen MR) is 92.0 cm³/mol. The number of rotatable bonds is 2. The first-order valence-corrected chi connectivity index (χ1v) is 9.95. The number of hydrogen-bond donors (Lipinski definition) is 2. The molecule has 2 aliphatic heterocycles. The third-order valence-corrected chi connectivity index (χ3v) is 5.98. The third kappa shape index (κ3) is 4.93. The van der Waals surface area contributed by atoms with Crippen molar-refractivity contribution in [1.29, 1.82) is 0 Å². The average Bonchev–Trinajstić information content (AvgIpc) is 3.23. The van der Waals surface area contributed by atoms with Gasteiger partial charge in [-0.25, -0.2) is 0 Å². The van der Waals surface area contributed by atoms with Crippen molar-refractivity contribution >= 4 is 0 Å². The van der Waals surface area contributed by atoms with Gasteiger partial charge in [0.15, 0.2) is 11.6 Å². The molecule has 146 valence electrons. The van der Waals surface area contributed by atoms with Crippen LogP contribution in [0.25, 0.3) is 0 Å². The zero-order valence-corrected chi connectivity index (χ0v) is 15.5. The van der Waals surface area contributed by atoms with Gasteiger partial charge in [-0.2, -0.15) is 0 Å². The molecule has 0 aromatic rings. The van der Waals surface area contributed by atoms with Gasteiger partial charge in [-0.15, -0.1) is 0 Å². The van der Waals surface area contributed by atoms with Crippen LogP contribution in [0.3, 0.4) is 0 Å². The van der Waals surface area contributed by atoms with E-state index in [1.54, 1.807) is 7.11 Å². The minimum Gasteiger partial charge on any atom is -0.390 e. The Morgan fingerprint density at radius 2 is 1.60 bits per heavy atom. The molecule has 0 radical (unpaired) electrons. The maximum Gasteiger partial charge on any atom is 0.169 e. The van der Waals surface area contributed by atoms with E-state index in [0.29, 0.717) is 13.2 Å². The van der Waals surface area contributed by atoms with E-state index in [0.717, 1.165) is 44.9 Å². The van der Waals surface area contributed by atoms with Gasteiger partial charge in [0.25, 0.3) is 0 Å². The zero-order chi connectivity index (χ0) is 17.8. The van der Waals surface area contributed by atoms with Crippen LogP contribution in [0.2, 0.25) is 0 Å². The van der Waals surface area contributed by atoms with E-state index in [-0.39, 0.29) is 24.1 Å². The van der Waals surface area contributed by atoms with Gasteiger partial charge in [-0.3, -0.25) is 0 Å². The highest BCUT2D eigenvalue weighted by atomic mass is 16.8. The Kier molecular flexibility index (Phi) is 6.74. The Labute approximate surface area is 150 Å². The molecule has 2 saturated carbocycles. The van der Waals surface area contributed by atoms with E-state index < -0.39 is 5.79 Å². The fraction of sp³-hybridized carbons (Fsp3) is 1.00. The second-order valence-corrected chi connectivity index (χ2v) is 7.84. The molecule has 4 aliphatic rings. The first-order valence-electron chi connectivity index (χ1n) is 9.95. The van der Waals surface area contributed by atoms with Crippen molar-refractivity contribution in [3.8, 4) is 0 Å². The molecule has 3 atom stereocenters. The normalized spacial score (nSPS) is 36.8. The van der Waals surface area contributed by atoms with E-state index in [1.807, 2.05) is 0 Å². The Bertz CT molecular complexity index is 403. The molecular formula is C19H34O6. The maximum atomic E-state index is 9.78. The second kappa shape index (κ2) is 8.63. The first kappa shape index (κ1) is 19.5. The van der Waals surface area contributed by atoms with E-state index in [9.17, 15) is 10.2 Å². The highest BCUT2D eigenvalue weighted by Crippen LogP contribution is 2.39. The summed E-state index contributed by atoms with van der Waals surface area (Å²) in [7, 11) is 1.57. The smallest absolute Gasteiger partial charge is 0.169 e.